The molecule has 1 aromatic carbocycles. The van der Waals surface area contributed by atoms with Gasteiger partial charge in [-0.15, -0.1) is 0 Å². The van der Waals surface area contributed by atoms with E-state index in [0.29, 0.717) is 5.92 Å². The van der Waals surface area contributed by atoms with Crippen LogP contribution >= 0.6 is 0 Å². The molecule has 2 aliphatic rings. The molecule has 1 unspecified atom stereocenters. The highest BCUT2D eigenvalue weighted by atomic mass is 16.2. The second-order valence-electron chi connectivity index (χ2n) is 5.37. The van der Waals surface area contributed by atoms with Crippen LogP contribution in [0.25, 0.3) is 0 Å². The molecule has 0 aromatic heterocycles. The van der Waals surface area contributed by atoms with Crippen molar-refractivity contribution >= 4 is 5.91 Å². The second kappa shape index (κ2) is 3.86. The molecule has 0 bridgehead atoms. The average molecular weight is 229 g/mol. The van der Waals surface area contributed by atoms with Crippen LogP contribution in [0.3, 0.4) is 0 Å². The molecule has 1 saturated heterocycles. The van der Waals surface area contributed by atoms with Crippen molar-refractivity contribution in [2.24, 2.45) is 5.41 Å². The first-order valence-electron chi connectivity index (χ1n) is 6.63. The summed E-state index contributed by atoms with van der Waals surface area (Å²) in [6.45, 7) is 2.99. The van der Waals surface area contributed by atoms with Gasteiger partial charge in [0.1, 0.15) is 0 Å². The quantitative estimate of drug-likeness (QED) is 0.830. The van der Waals surface area contributed by atoms with Gasteiger partial charge in [-0.25, -0.2) is 0 Å². The largest absolute Gasteiger partial charge is 0.355 e. The predicted octanol–water partition coefficient (Wildman–Crippen LogP) is 2.63. The maximum absolute atomic E-state index is 12.0. The number of rotatable bonds is 2. The van der Waals surface area contributed by atoms with Crippen molar-refractivity contribution in [1.82, 2.24) is 5.32 Å². The van der Waals surface area contributed by atoms with Crippen LogP contribution in [0.2, 0.25) is 0 Å². The number of hydrogen-bond acceptors (Lipinski definition) is 1. The number of aryl methyl sites for hydroxylation is 1. The third-order valence-corrected chi connectivity index (χ3v) is 4.62. The third kappa shape index (κ3) is 1.50. The first kappa shape index (κ1) is 10.8. The van der Waals surface area contributed by atoms with Gasteiger partial charge >= 0.3 is 0 Å². The zero-order valence-electron chi connectivity index (χ0n) is 10.3. The molecule has 17 heavy (non-hydrogen) atoms. The lowest BCUT2D eigenvalue weighted by Crippen LogP contribution is -2.40. The number of nitrogens with one attached hydrogen (secondary N) is 1. The summed E-state index contributed by atoms with van der Waals surface area (Å²) in [5.41, 5.74) is 2.64. The van der Waals surface area contributed by atoms with Gasteiger partial charge in [0.05, 0.1) is 5.41 Å². The molecule has 2 fully saturated rings. The topological polar surface area (TPSA) is 29.1 Å². The summed E-state index contributed by atoms with van der Waals surface area (Å²) >= 11 is 0. The van der Waals surface area contributed by atoms with E-state index in [1.165, 1.54) is 17.5 Å². The van der Waals surface area contributed by atoms with Crippen molar-refractivity contribution in [3.63, 3.8) is 0 Å². The lowest BCUT2D eigenvalue weighted by atomic mass is 9.60. The fourth-order valence-corrected chi connectivity index (χ4v) is 3.28. The number of carbonyl (C=O) groups excluding carboxylic acids is 1. The molecule has 2 nitrogen and oxygen atoms in total. The first-order valence-corrected chi connectivity index (χ1v) is 6.63. The van der Waals surface area contributed by atoms with E-state index in [0.717, 1.165) is 25.8 Å². The Balaban J connectivity index is 1.90. The molecule has 1 saturated carbocycles. The molecule has 1 atom stereocenters. The molecule has 1 spiro atoms. The molecule has 3 rings (SSSR count). The number of benzene rings is 1. The van der Waals surface area contributed by atoms with E-state index in [-0.39, 0.29) is 11.3 Å². The summed E-state index contributed by atoms with van der Waals surface area (Å²) in [7, 11) is 0. The van der Waals surface area contributed by atoms with Crippen LogP contribution in [-0.4, -0.2) is 12.5 Å². The van der Waals surface area contributed by atoms with Crippen LogP contribution in [0.1, 0.15) is 43.2 Å². The van der Waals surface area contributed by atoms with E-state index >= 15 is 0 Å². The fraction of sp³-hybridized carbons (Fsp3) is 0.533. The van der Waals surface area contributed by atoms with Gasteiger partial charge in [0, 0.05) is 12.5 Å². The Morgan fingerprint density at radius 2 is 2.00 bits per heavy atom. The Bertz CT molecular complexity index is 431. The van der Waals surface area contributed by atoms with Gasteiger partial charge in [0.15, 0.2) is 0 Å². The summed E-state index contributed by atoms with van der Waals surface area (Å²) in [6, 6.07) is 8.82. The first-order chi connectivity index (χ1) is 8.26. The molecular weight excluding hydrogens is 210 g/mol. The van der Waals surface area contributed by atoms with Crippen LogP contribution in [0.4, 0.5) is 0 Å². The van der Waals surface area contributed by atoms with Crippen molar-refractivity contribution < 1.29 is 4.79 Å². The highest BCUT2D eigenvalue weighted by molar-refractivity contribution is 5.87. The summed E-state index contributed by atoms with van der Waals surface area (Å²) in [5, 5.41) is 3.05. The molecule has 90 valence electrons. The SMILES string of the molecule is CCc1ccc(C2CNC(=O)C23CCC3)cc1. The van der Waals surface area contributed by atoms with E-state index in [1.807, 2.05) is 0 Å². The monoisotopic (exact) mass is 229 g/mol. The molecule has 1 aliphatic carbocycles. The summed E-state index contributed by atoms with van der Waals surface area (Å²) in [4.78, 5) is 12.0. The van der Waals surface area contributed by atoms with Gasteiger partial charge in [0.25, 0.3) is 0 Å². The fourth-order valence-electron chi connectivity index (χ4n) is 3.28. The van der Waals surface area contributed by atoms with Crippen LogP contribution in [0.5, 0.6) is 0 Å². The normalized spacial score (nSPS) is 25.7. The number of carbonyl (C=O) groups is 1. The highest BCUT2D eigenvalue weighted by Crippen LogP contribution is 2.53. The molecular formula is C15H19NO. The highest BCUT2D eigenvalue weighted by Gasteiger charge is 2.54. The Kier molecular flexibility index (Phi) is 2.46. The molecule has 0 radical (unpaired) electrons. The van der Waals surface area contributed by atoms with Crippen molar-refractivity contribution in [2.45, 2.75) is 38.5 Å². The van der Waals surface area contributed by atoms with Crippen LogP contribution in [0, 0.1) is 5.41 Å². The van der Waals surface area contributed by atoms with E-state index in [4.69, 9.17) is 0 Å². The van der Waals surface area contributed by atoms with Gasteiger partial charge in [-0.05, 0) is 30.4 Å². The maximum atomic E-state index is 12.0. The lowest BCUT2D eigenvalue weighted by molar-refractivity contribution is -0.132. The van der Waals surface area contributed by atoms with Gasteiger partial charge < -0.3 is 5.32 Å². The van der Waals surface area contributed by atoms with E-state index in [9.17, 15) is 4.79 Å². The molecule has 1 N–H and O–H groups in total. The van der Waals surface area contributed by atoms with Crippen molar-refractivity contribution in [3.8, 4) is 0 Å². The Morgan fingerprint density at radius 1 is 1.29 bits per heavy atom. The molecule has 1 aromatic rings. The third-order valence-electron chi connectivity index (χ3n) is 4.62. The Morgan fingerprint density at radius 3 is 2.53 bits per heavy atom. The van der Waals surface area contributed by atoms with E-state index < -0.39 is 0 Å². The number of hydrogen-bond donors (Lipinski definition) is 1. The van der Waals surface area contributed by atoms with Crippen molar-refractivity contribution in [1.29, 1.82) is 0 Å². The standard InChI is InChI=1S/C15H19NO/c1-2-11-4-6-12(7-5-11)13-10-16-14(17)15(13)8-3-9-15/h4-7,13H,2-3,8-10H2,1H3,(H,16,17). The van der Waals surface area contributed by atoms with Gasteiger partial charge in [-0.2, -0.15) is 0 Å². The van der Waals surface area contributed by atoms with Crippen LogP contribution < -0.4 is 5.32 Å². The van der Waals surface area contributed by atoms with Crippen LogP contribution in [0.15, 0.2) is 24.3 Å². The van der Waals surface area contributed by atoms with E-state index in [1.54, 1.807) is 0 Å². The zero-order valence-corrected chi connectivity index (χ0v) is 10.3. The average Bonchev–Trinajstić information content (AvgIpc) is 2.66. The summed E-state index contributed by atoms with van der Waals surface area (Å²) in [5.74, 6) is 0.683. The molecule has 1 heterocycles. The second-order valence-corrected chi connectivity index (χ2v) is 5.37. The smallest absolute Gasteiger partial charge is 0.226 e. The zero-order chi connectivity index (χ0) is 11.9. The Hall–Kier alpha value is -1.31. The minimum absolute atomic E-state index is 0.0618. The minimum Gasteiger partial charge on any atom is -0.355 e. The minimum atomic E-state index is -0.0618. The van der Waals surface area contributed by atoms with Crippen molar-refractivity contribution in [2.75, 3.05) is 6.54 Å². The van der Waals surface area contributed by atoms with Gasteiger partial charge in [-0.3, -0.25) is 4.79 Å². The van der Waals surface area contributed by atoms with Gasteiger partial charge in [-0.1, -0.05) is 37.6 Å². The van der Waals surface area contributed by atoms with E-state index in [2.05, 4.69) is 36.5 Å². The van der Waals surface area contributed by atoms with Crippen molar-refractivity contribution in [3.05, 3.63) is 35.4 Å². The number of amides is 1. The molecule has 1 amide bonds. The molecule has 2 heteroatoms. The summed E-state index contributed by atoms with van der Waals surface area (Å²) in [6.07, 6.45) is 4.42. The maximum Gasteiger partial charge on any atom is 0.226 e. The Labute approximate surface area is 102 Å². The predicted molar refractivity (Wildman–Crippen MR) is 67.9 cm³/mol. The molecule has 1 aliphatic heterocycles. The van der Waals surface area contributed by atoms with Crippen LogP contribution in [-0.2, 0) is 11.2 Å². The summed E-state index contributed by atoms with van der Waals surface area (Å²) < 4.78 is 0. The van der Waals surface area contributed by atoms with Gasteiger partial charge in [0.2, 0.25) is 5.91 Å². The lowest BCUT2D eigenvalue weighted by Gasteiger charge is -2.40.